The Hall–Kier alpha value is -0.360. The van der Waals surface area contributed by atoms with Gasteiger partial charge in [-0.2, -0.15) is 0 Å². The molecule has 0 spiro atoms. The predicted molar refractivity (Wildman–Crippen MR) is 108 cm³/mol. The summed E-state index contributed by atoms with van der Waals surface area (Å²) in [5.41, 5.74) is 0.176. The van der Waals surface area contributed by atoms with Crippen molar-refractivity contribution in [3.8, 4) is 0 Å². The van der Waals surface area contributed by atoms with Crippen molar-refractivity contribution in [2.24, 2.45) is 11.8 Å². The molecule has 2 aliphatic heterocycles. The summed E-state index contributed by atoms with van der Waals surface area (Å²) in [6, 6.07) is 0. The fourth-order valence-corrected chi connectivity index (χ4v) is 5.06. The van der Waals surface area contributed by atoms with E-state index >= 15 is 0 Å². The quantitative estimate of drug-likeness (QED) is 0.735. The largest absolute Gasteiger partial charge is 0.379 e. The van der Waals surface area contributed by atoms with E-state index in [9.17, 15) is 4.79 Å². The Kier molecular flexibility index (Phi) is 9.15. The first kappa shape index (κ1) is 21.9. The monoisotopic (exact) mass is 387 g/mol. The van der Waals surface area contributed by atoms with Crippen LogP contribution in [0.2, 0.25) is 0 Å². The predicted octanol–water partition coefficient (Wildman–Crippen LogP) is 2.59. The summed E-state index contributed by atoms with van der Waals surface area (Å²) in [5, 5.41) is 6.74. The van der Waals surface area contributed by atoms with Crippen molar-refractivity contribution in [2.45, 2.75) is 63.8 Å². The average Bonchev–Trinajstić information content (AvgIpc) is 2.68. The fourth-order valence-electron chi connectivity index (χ4n) is 5.06. The minimum absolute atomic E-state index is 0. The van der Waals surface area contributed by atoms with Gasteiger partial charge in [-0.25, -0.2) is 0 Å². The van der Waals surface area contributed by atoms with E-state index in [1.54, 1.807) is 0 Å². The van der Waals surface area contributed by atoms with Gasteiger partial charge in [0.1, 0.15) is 0 Å². The number of carbonyl (C=O) groups excluding carboxylic acids is 1. The molecule has 1 saturated carbocycles. The molecule has 1 amide bonds. The second-order valence-electron chi connectivity index (χ2n) is 8.43. The number of morpholine rings is 1. The molecule has 0 aromatic carbocycles. The zero-order valence-corrected chi connectivity index (χ0v) is 17.2. The second-order valence-corrected chi connectivity index (χ2v) is 8.43. The van der Waals surface area contributed by atoms with Crippen LogP contribution in [-0.2, 0) is 9.53 Å². The maximum Gasteiger partial charge on any atom is 0.220 e. The molecule has 2 N–H and O–H groups in total. The zero-order valence-electron chi connectivity index (χ0n) is 16.4. The van der Waals surface area contributed by atoms with Gasteiger partial charge in [0.25, 0.3) is 0 Å². The van der Waals surface area contributed by atoms with Crippen LogP contribution in [0, 0.1) is 11.8 Å². The molecule has 0 radical (unpaired) electrons. The van der Waals surface area contributed by atoms with Crippen molar-refractivity contribution >= 4 is 18.3 Å². The number of piperidine rings is 1. The van der Waals surface area contributed by atoms with Crippen LogP contribution in [0.5, 0.6) is 0 Å². The van der Waals surface area contributed by atoms with Crippen LogP contribution in [0.1, 0.15) is 58.3 Å². The molecule has 1 aliphatic carbocycles. The Bertz CT molecular complexity index is 417. The lowest BCUT2D eigenvalue weighted by Gasteiger charge is -2.48. The molecule has 3 aliphatic rings. The van der Waals surface area contributed by atoms with E-state index in [2.05, 4.69) is 22.5 Å². The summed E-state index contributed by atoms with van der Waals surface area (Å²) < 4.78 is 5.55. The third-order valence-corrected chi connectivity index (χ3v) is 6.78. The first-order valence-corrected chi connectivity index (χ1v) is 10.5. The Labute approximate surface area is 165 Å². The van der Waals surface area contributed by atoms with E-state index in [1.807, 2.05) is 0 Å². The van der Waals surface area contributed by atoms with Crippen LogP contribution in [0.4, 0.5) is 0 Å². The number of nitrogens with zero attached hydrogens (tertiary/aromatic N) is 1. The lowest BCUT2D eigenvalue weighted by molar-refractivity contribution is -0.123. The maximum absolute atomic E-state index is 12.6. The van der Waals surface area contributed by atoms with Crippen LogP contribution in [0.25, 0.3) is 0 Å². The molecule has 2 saturated heterocycles. The number of nitrogens with one attached hydrogen (secondary N) is 2. The average molecular weight is 388 g/mol. The van der Waals surface area contributed by atoms with Crippen LogP contribution in [0.15, 0.2) is 0 Å². The third kappa shape index (κ3) is 5.82. The molecule has 1 unspecified atom stereocenters. The summed E-state index contributed by atoms with van der Waals surface area (Å²) in [6.07, 6.45) is 9.47. The number of halogens is 1. The molecule has 152 valence electrons. The molecular weight excluding hydrogens is 350 g/mol. The Morgan fingerprint density at radius 2 is 1.85 bits per heavy atom. The Balaban J connectivity index is 0.00000243. The summed E-state index contributed by atoms with van der Waals surface area (Å²) in [5.74, 6) is 1.45. The second kappa shape index (κ2) is 10.8. The van der Waals surface area contributed by atoms with Gasteiger partial charge in [-0.15, -0.1) is 12.4 Å². The number of ether oxygens (including phenoxy) is 1. The minimum Gasteiger partial charge on any atom is -0.379 e. The smallest absolute Gasteiger partial charge is 0.220 e. The SMILES string of the molecule is CC(CC(=O)NCC1(N2CCOCC2)CCCCC1)C1CCNCC1.Cl. The molecule has 0 bridgehead atoms. The van der Waals surface area contributed by atoms with Gasteiger partial charge in [0.05, 0.1) is 13.2 Å². The molecule has 2 heterocycles. The Morgan fingerprint density at radius 1 is 1.19 bits per heavy atom. The van der Waals surface area contributed by atoms with Gasteiger partial charge in [-0.05, 0) is 50.6 Å². The number of rotatable bonds is 6. The van der Waals surface area contributed by atoms with Crippen molar-refractivity contribution in [2.75, 3.05) is 45.9 Å². The molecule has 0 aromatic heterocycles. The lowest BCUT2D eigenvalue weighted by atomic mass is 9.79. The lowest BCUT2D eigenvalue weighted by Crippen LogP contribution is -2.59. The number of carbonyl (C=O) groups is 1. The van der Waals surface area contributed by atoms with E-state index in [0.29, 0.717) is 18.3 Å². The van der Waals surface area contributed by atoms with Gasteiger partial charge < -0.3 is 15.4 Å². The first-order valence-electron chi connectivity index (χ1n) is 10.5. The summed E-state index contributed by atoms with van der Waals surface area (Å²) >= 11 is 0. The van der Waals surface area contributed by atoms with Gasteiger partial charge in [0, 0.05) is 31.6 Å². The minimum atomic E-state index is 0. The standard InChI is InChI=1S/C20H37N3O2.ClH/c1-17(18-5-9-21-10-6-18)15-19(24)22-16-20(7-3-2-4-8-20)23-11-13-25-14-12-23;/h17-18,21H,2-16H2,1H3,(H,22,24);1H. The molecule has 26 heavy (non-hydrogen) atoms. The number of hydrogen-bond acceptors (Lipinski definition) is 4. The molecule has 3 fully saturated rings. The summed E-state index contributed by atoms with van der Waals surface area (Å²) in [6.45, 7) is 9.00. The third-order valence-electron chi connectivity index (χ3n) is 6.78. The highest BCUT2D eigenvalue weighted by atomic mass is 35.5. The van der Waals surface area contributed by atoms with Gasteiger partial charge in [-0.3, -0.25) is 9.69 Å². The normalized spacial score (nSPS) is 25.9. The van der Waals surface area contributed by atoms with Gasteiger partial charge >= 0.3 is 0 Å². The van der Waals surface area contributed by atoms with E-state index < -0.39 is 0 Å². The molecule has 6 heteroatoms. The van der Waals surface area contributed by atoms with Crippen molar-refractivity contribution in [3.63, 3.8) is 0 Å². The van der Waals surface area contributed by atoms with Gasteiger partial charge in [0.2, 0.25) is 5.91 Å². The molecule has 3 rings (SSSR count). The van der Waals surface area contributed by atoms with Crippen LogP contribution < -0.4 is 10.6 Å². The molecular formula is C20H38ClN3O2. The summed E-state index contributed by atoms with van der Waals surface area (Å²) in [7, 11) is 0. The van der Waals surface area contributed by atoms with Gasteiger partial charge in [-0.1, -0.05) is 26.2 Å². The molecule has 5 nitrogen and oxygen atoms in total. The van der Waals surface area contributed by atoms with Crippen molar-refractivity contribution in [1.82, 2.24) is 15.5 Å². The van der Waals surface area contributed by atoms with Crippen LogP contribution in [-0.4, -0.2) is 62.3 Å². The highest BCUT2D eigenvalue weighted by molar-refractivity contribution is 5.85. The van der Waals surface area contributed by atoms with Gasteiger partial charge in [0.15, 0.2) is 0 Å². The van der Waals surface area contributed by atoms with Crippen molar-refractivity contribution in [1.29, 1.82) is 0 Å². The molecule has 0 aromatic rings. The summed E-state index contributed by atoms with van der Waals surface area (Å²) in [4.78, 5) is 15.2. The number of hydrogen-bond donors (Lipinski definition) is 2. The highest BCUT2D eigenvalue weighted by Gasteiger charge is 2.38. The van der Waals surface area contributed by atoms with Crippen molar-refractivity contribution < 1.29 is 9.53 Å². The topological polar surface area (TPSA) is 53.6 Å². The van der Waals surface area contributed by atoms with Crippen molar-refractivity contribution in [3.05, 3.63) is 0 Å². The van der Waals surface area contributed by atoms with E-state index in [4.69, 9.17) is 4.74 Å². The van der Waals surface area contributed by atoms with E-state index in [1.165, 1.54) is 44.9 Å². The first-order chi connectivity index (χ1) is 12.2. The molecule has 1 atom stereocenters. The fraction of sp³-hybridized carbons (Fsp3) is 0.950. The van der Waals surface area contributed by atoms with Crippen LogP contribution in [0.3, 0.4) is 0 Å². The van der Waals surface area contributed by atoms with Crippen LogP contribution >= 0.6 is 12.4 Å². The Morgan fingerprint density at radius 3 is 2.50 bits per heavy atom. The van der Waals surface area contributed by atoms with E-state index in [0.717, 1.165) is 45.9 Å². The zero-order chi connectivity index (χ0) is 17.5. The van der Waals surface area contributed by atoms with E-state index in [-0.39, 0.29) is 23.9 Å². The maximum atomic E-state index is 12.6. The highest BCUT2D eigenvalue weighted by Crippen LogP contribution is 2.34. The number of amides is 1.